The van der Waals surface area contributed by atoms with Crippen molar-refractivity contribution in [2.45, 2.75) is 39.2 Å². The molecule has 1 N–H and O–H groups in total. The molecule has 26 heavy (non-hydrogen) atoms. The molecule has 1 saturated heterocycles. The third-order valence-electron chi connectivity index (χ3n) is 4.64. The van der Waals surface area contributed by atoms with E-state index in [4.69, 9.17) is 0 Å². The molecule has 0 aliphatic carbocycles. The maximum atomic E-state index is 14.4. The van der Waals surface area contributed by atoms with E-state index in [1.807, 2.05) is 24.3 Å². The van der Waals surface area contributed by atoms with Crippen molar-refractivity contribution in [1.29, 1.82) is 5.26 Å². The van der Waals surface area contributed by atoms with Crippen LogP contribution in [-0.2, 0) is 6.42 Å². The van der Waals surface area contributed by atoms with E-state index < -0.39 is 5.82 Å². The van der Waals surface area contributed by atoms with Gasteiger partial charge in [0.15, 0.2) is 0 Å². The Kier molecular flexibility index (Phi) is 5.67. The molecule has 1 aromatic heterocycles. The Hall–Kier alpha value is -2.68. The first-order valence-electron chi connectivity index (χ1n) is 9.08. The van der Waals surface area contributed by atoms with E-state index in [9.17, 15) is 9.65 Å². The van der Waals surface area contributed by atoms with E-state index in [0.29, 0.717) is 12.0 Å². The lowest BCUT2D eigenvalue weighted by molar-refractivity contribution is 0.522. The fourth-order valence-electron chi connectivity index (χ4n) is 3.45. The normalized spacial score (nSPS) is 15.1. The monoisotopic (exact) mass is 353 g/mol. The Balaban J connectivity index is 1.72. The highest BCUT2D eigenvalue weighted by Gasteiger charge is 2.23. The molecule has 0 radical (unpaired) electrons. The lowest BCUT2D eigenvalue weighted by atomic mass is 9.98. The summed E-state index contributed by atoms with van der Waals surface area (Å²) in [6.45, 7) is 5.77. The molecule has 1 fully saturated rings. The molecule has 1 aliphatic rings. The topological polar surface area (TPSA) is 64.8 Å². The van der Waals surface area contributed by atoms with Gasteiger partial charge in [-0.05, 0) is 55.0 Å². The minimum atomic E-state index is -0.416. The second-order valence-corrected chi connectivity index (χ2v) is 7.20. The number of anilines is 2. The smallest absolute Gasteiger partial charge is 0.148 e. The highest BCUT2D eigenvalue weighted by atomic mass is 19.1. The summed E-state index contributed by atoms with van der Waals surface area (Å²) in [5, 5.41) is 20.7. The van der Waals surface area contributed by atoms with E-state index >= 15 is 0 Å². The molecular weight excluding hydrogens is 329 g/mol. The summed E-state index contributed by atoms with van der Waals surface area (Å²) in [4.78, 5) is 2.13. The minimum Gasteiger partial charge on any atom is -0.370 e. The molecule has 5 nitrogen and oxygen atoms in total. The molecule has 0 saturated carbocycles. The van der Waals surface area contributed by atoms with Gasteiger partial charge in [0.25, 0.3) is 0 Å². The van der Waals surface area contributed by atoms with E-state index in [-0.39, 0.29) is 5.56 Å². The van der Waals surface area contributed by atoms with Crippen LogP contribution in [0.25, 0.3) is 0 Å². The fraction of sp³-hybridized carbons (Fsp3) is 0.450. The predicted octanol–water partition coefficient (Wildman–Crippen LogP) is 3.77. The Bertz CT molecular complexity index is 777. The van der Waals surface area contributed by atoms with Gasteiger partial charge in [-0.15, -0.1) is 5.10 Å². The van der Waals surface area contributed by atoms with Crippen LogP contribution in [-0.4, -0.2) is 29.3 Å². The van der Waals surface area contributed by atoms with Crippen LogP contribution in [0.1, 0.15) is 37.8 Å². The SMILES string of the molecule is CC(C)Cc1cc(F)c(C#N)c(N2CCC(Nc3cccnn3)CC2)c1. The van der Waals surface area contributed by atoms with Gasteiger partial charge < -0.3 is 10.2 Å². The van der Waals surface area contributed by atoms with E-state index in [1.54, 1.807) is 6.20 Å². The molecule has 2 aromatic rings. The van der Waals surface area contributed by atoms with Gasteiger partial charge in [0, 0.05) is 25.3 Å². The molecular formula is C20H24FN5. The molecule has 1 aliphatic heterocycles. The van der Waals surface area contributed by atoms with Crippen LogP contribution in [0.15, 0.2) is 30.5 Å². The first-order valence-corrected chi connectivity index (χ1v) is 9.08. The highest BCUT2D eigenvalue weighted by molar-refractivity contribution is 5.62. The third-order valence-corrected chi connectivity index (χ3v) is 4.64. The maximum Gasteiger partial charge on any atom is 0.148 e. The molecule has 0 spiro atoms. The molecule has 0 atom stereocenters. The number of piperidine rings is 1. The molecule has 6 heteroatoms. The number of rotatable bonds is 5. The first kappa shape index (κ1) is 18.1. The van der Waals surface area contributed by atoms with Crippen molar-refractivity contribution in [3.63, 3.8) is 0 Å². The number of nitrogens with one attached hydrogen (secondary N) is 1. The molecule has 3 rings (SSSR count). The molecule has 136 valence electrons. The van der Waals surface area contributed by atoms with Crippen LogP contribution in [0, 0.1) is 23.1 Å². The van der Waals surface area contributed by atoms with Gasteiger partial charge in [-0.2, -0.15) is 10.4 Å². The van der Waals surface area contributed by atoms with Gasteiger partial charge in [0.2, 0.25) is 0 Å². The van der Waals surface area contributed by atoms with Crippen molar-refractivity contribution in [1.82, 2.24) is 10.2 Å². The predicted molar refractivity (Wildman–Crippen MR) is 101 cm³/mol. The lowest BCUT2D eigenvalue weighted by Crippen LogP contribution is -2.39. The molecule has 0 amide bonds. The second kappa shape index (κ2) is 8.13. The van der Waals surface area contributed by atoms with Crippen molar-refractivity contribution in [2.75, 3.05) is 23.3 Å². The summed E-state index contributed by atoms with van der Waals surface area (Å²) in [7, 11) is 0. The minimum absolute atomic E-state index is 0.151. The average molecular weight is 353 g/mol. The van der Waals surface area contributed by atoms with Gasteiger partial charge >= 0.3 is 0 Å². The number of hydrogen-bond donors (Lipinski definition) is 1. The summed E-state index contributed by atoms with van der Waals surface area (Å²) in [5.74, 6) is 0.797. The van der Waals surface area contributed by atoms with Crippen molar-refractivity contribution in [3.8, 4) is 6.07 Å². The zero-order chi connectivity index (χ0) is 18.5. The van der Waals surface area contributed by atoms with Crippen molar-refractivity contribution in [3.05, 3.63) is 47.4 Å². The third kappa shape index (κ3) is 4.29. The molecule has 0 bridgehead atoms. The molecule has 1 aromatic carbocycles. The summed E-state index contributed by atoms with van der Waals surface area (Å²) >= 11 is 0. The first-order chi connectivity index (χ1) is 12.6. The van der Waals surface area contributed by atoms with E-state index in [0.717, 1.165) is 49.4 Å². The number of halogens is 1. The summed E-state index contributed by atoms with van der Waals surface area (Å²) in [6.07, 6.45) is 4.26. The van der Waals surface area contributed by atoms with Crippen molar-refractivity contribution < 1.29 is 4.39 Å². The van der Waals surface area contributed by atoms with Crippen LogP contribution < -0.4 is 10.2 Å². The lowest BCUT2D eigenvalue weighted by Gasteiger charge is -2.34. The Labute approximate surface area is 153 Å². The Morgan fingerprint density at radius 3 is 2.73 bits per heavy atom. The van der Waals surface area contributed by atoms with Gasteiger partial charge in [0.1, 0.15) is 23.3 Å². The van der Waals surface area contributed by atoms with Gasteiger partial charge in [-0.1, -0.05) is 13.8 Å². The van der Waals surface area contributed by atoms with Crippen LogP contribution in [0.5, 0.6) is 0 Å². The largest absolute Gasteiger partial charge is 0.370 e. The van der Waals surface area contributed by atoms with Crippen LogP contribution in [0.2, 0.25) is 0 Å². The molecule has 2 heterocycles. The maximum absolute atomic E-state index is 14.4. The number of benzene rings is 1. The van der Waals surface area contributed by atoms with Gasteiger partial charge in [0.05, 0.1) is 5.69 Å². The number of nitriles is 1. The fourth-order valence-corrected chi connectivity index (χ4v) is 3.45. The van der Waals surface area contributed by atoms with Crippen molar-refractivity contribution >= 4 is 11.5 Å². The number of hydrogen-bond acceptors (Lipinski definition) is 5. The summed E-state index contributed by atoms with van der Waals surface area (Å²) in [5.41, 5.74) is 1.82. The van der Waals surface area contributed by atoms with E-state index in [1.165, 1.54) is 6.07 Å². The zero-order valence-corrected chi connectivity index (χ0v) is 15.2. The summed E-state index contributed by atoms with van der Waals surface area (Å²) in [6, 6.07) is 9.59. The van der Waals surface area contributed by atoms with Gasteiger partial charge in [-0.25, -0.2) is 4.39 Å². The van der Waals surface area contributed by atoms with Crippen LogP contribution in [0.3, 0.4) is 0 Å². The van der Waals surface area contributed by atoms with Crippen LogP contribution >= 0.6 is 0 Å². The average Bonchev–Trinajstić information content (AvgIpc) is 2.62. The van der Waals surface area contributed by atoms with E-state index in [2.05, 4.69) is 34.3 Å². The Morgan fingerprint density at radius 2 is 2.12 bits per heavy atom. The molecule has 0 unspecified atom stereocenters. The van der Waals surface area contributed by atoms with Crippen LogP contribution in [0.4, 0.5) is 15.9 Å². The highest BCUT2D eigenvalue weighted by Crippen LogP contribution is 2.29. The Morgan fingerprint density at radius 1 is 1.35 bits per heavy atom. The number of aromatic nitrogens is 2. The van der Waals surface area contributed by atoms with Gasteiger partial charge in [-0.3, -0.25) is 0 Å². The second-order valence-electron chi connectivity index (χ2n) is 7.20. The number of nitrogens with zero attached hydrogens (tertiary/aromatic N) is 4. The quantitative estimate of drug-likeness (QED) is 0.886. The standard InChI is InChI=1S/C20H24FN5/c1-14(2)10-15-11-18(21)17(13-22)19(12-15)26-8-5-16(6-9-26)24-20-4-3-7-23-25-20/h3-4,7,11-12,14,16H,5-6,8-10H2,1-2H3,(H,24,25). The summed E-state index contributed by atoms with van der Waals surface area (Å²) < 4.78 is 14.4. The van der Waals surface area contributed by atoms with Crippen molar-refractivity contribution in [2.24, 2.45) is 5.92 Å². The zero-order valence-electron chi connectivity index (χ0n) is 15.2.